The fraction of sp³-hybridized carbons (Fsp3) is 0.412. The molecule has 0 unspecified atom stereocenters. The number of nitrogens with two attached hydrogens (primary N) is 1. The third-order valence-corrected chi connectivity index (χ3v) is 5.44. The maximum Gasteiger partial charge on any atom is 0.241 e. The lowest BCUT2D eigenvalue weighted by molar-refractivity contribution is 0.571. The van der Waals surface area contributed by atoms with Crippen LogP contribution in [0.1, 0.15) is 19.3 Å². The van der Waals surface area contributed by atoms with Crippen LogP contribution in [0.25, 0.3) is 10.8 Å². The molecule has 2 aromatic rings. The Bertz CT molecular complexity index is 775. The summed E-state index contributed by atoms with van der Waals surface area (Å²) in [6.45, 7) is 1.17. The van der Waals surface area contributed by atoms with Crippen LogP contribution < -0.4 is 20.9 Å². The van der Waals surface area contributed by atoms with Crippen LogP contribution in [-0.4, -0.2) is 35.6 Å². The average molecular weight is 350 g/mol. The zero-order chi connectivity index (χ0) is 17.6. The van der Waals surface area contributed by atoms with E-state index in [4.69, 9.17) is 5.84 Å². The molecule has 0 saturated carbocycles. The highest BCUT2D eigenvalue weighted by molar-refractivity contribution is 7.89. The minimum atomic E-state index is -3.52. The first-order chi connectivity index (χ1) is 11.5. The molecule has 0 bridgehead atoms. The SMILES string of the molecule is CN(C)c1ccc2c(S(=O)(=O)NCCCCCNN)cccc2c1. The van der Waals surface area contributed by atoms with Crippen molar-refractivity contribution in [2.45, 2.75) is 24.2 Å². The quantitative estimate of drug-likeness (QED) is 0.365. The number of fused-ring (bicyclic) bond motifs is 1. The van der Waals surface area contributed by atoms with E-state index in [0.717, 1.165) is 42.3 Å². The van der Waals surface area contributed by atoms with Crippen molar-refractivity contribution in [3.05, 3.63) is 36.4 Å². The van der Waals surface area contributed by atoms with E-state index in [1.165, 1.54) is 0 Å². The van der Waals surface area contributed by atoms with Crippen molar-refractivity contribution in [3.8, 4) is 0 Å². The Morgan fingerprint density at radius 1 is 1.04 bits per heavy atom. The summed E-state index contributed by atoms with van der Waals surface area (Å²) in [5, 5.41) is 1.65. The molecule has 0 saturated heterocycles. The molecule has 0 radical (unpaired) electrons. The van der Waals surface area contributed by atoms with Crippen molar-refractivity contribution < 1.29 is 8.42 Å². The van der Waals surface area contributed by atoms with Gasteiger partial charge in [0.05, 0.1) is 4.90 Å². The molecule has 6 nitrogen and oxygen atoms in total. The summed E-state index contributed by atoms with van der Waals surface area (Å²) < 4.78 is 27.9. The van der Waals surface area contributed by atoms with Gasteiger partial charge >= 0.3 is 0 Å². The van der Waals surface area contributed by atoms with Crippen molar-refractivity contribution in [2.24, 2.45) is 5.84 Å². The lowest BCUT2D eigenvalue weighted by atomic mass is 10.1. The van der Waals surface area contributed by atoms with Crippen LogP contribution in [0.15, 0.2) is 41.3 Å². The van der Waals surface area contributed by atoms with Crippen LogP contribution in [0.3, 0.4) is 0 Å². The molecule has 0 amide bonds. The number of benzene rings is 2. The predicted octanol–water partition coefficient (Wildman–Crippen LogP) is 1.82. The van der Waals surface area contributed by atoms with Gasteiger partial charge in [-0.15, -0.1) is 0 Å². The maximum atomic E-state index is 12.6. The first-order valence-electron chi connectivity index (χ1n) is 8.09. The monoisotopic (exact) mass is 350 g/mol. The van der Waals surface area contributed by atoms with E-state index in [2.05, 4.69) is 10.1 Å². The van der Waals surface area contributed by atoms with Gasteiger partial charge in [-0.1, -0.05) is 24.6 Å². The maximum absolute atomic E-state index is 12.6. The van der Waals surface area contributed by atoms with E-state index in [-0.39, 0.29) is 0 Å². The molecule has 2 aromatic carbocycles. The van der Waals surface area contributed by atoms with Crippen molar-refractivity contribution >= 4 is 26.5 Å². The summed E-state index contributed by atoms with van der Waals surface area (Å²) in [5.41, 5.74) is 3.63. The van der Waals surface area contributed by atoms with Crippen LogP contribution >= 0.6 is 0 Å². The topological polar surface area (TPSA) is 87.5 Å². The molecule has 0 aromatic heterocycles. The number of nitrogens with zero attached hydrogens (tertiary/aromatic N) is 1. The molecule has 132 valence electrons. The van der Waals surface area contributed by atoms with Crippen molar-refractivity contribution in [2.75, 3.05) is 32.1 Å². The smallest absolute Gasteiger partial charge is 0.241 e. The molecule has 0 spiro atoms. The summed E-state index contributed by atoms with van der Waals surface area (Å²) in [7, 11) is 0.407. The Hall–Kier alpha value is -1.67. The summed E-state index contributed by atoms with van der Waals surface area (Å²) >= 11 is 0. The van der Waals surface area contributed by atoms with Gasteiger partial charge in [-0.05, 0) is 36.4 Å². The van der Waals surface area contributed by atoms with E-state index >= 15 is 0 Å². The van der Waals surface area contributed by atoms with Gasteiger partial charge in [0.2, 0.25) is 10.0 Å². The van der Waals surface area contributed by atoms with Crippen LogP contribution in [0.4, 0.5) is 5.69 Å². The van der Waals surface area contributed by atoms with Gasteiger partial charge in [-0.2, -0.15) is 0 Å². The van der Waals surface area contributed by atoms with Gasteiger partial charge in [0, 0.05) is 38.3 Å². The minimum absolute atomic E-state index is 0.328. The predicted molar refractivity (Wildman–Crippen MR) is 99.5 cm³/mol. The normalized spacial score (nSPS) is 11.8. The highest BCUT2D eigenvalue weighted by Gasteiger charge is 2.16. The van der Waals surface area contributed by atoms with Gasteiger partial charge in [-0.3, -0.25) is 11.3 Å². The van der Waals surface area contributed by atoms with E-state index in [9.17, 15) is 8.42 Å². The van der Waals surface area contributed by atoms with Crippen LogP contribution in [0, 0.1) is 0 Å². The molecule has 0 aliphatic rings. The fourth-order valence-corrected chi connectivity index (χ4v) is 3.87. The van der Waals surface area contributed by atoms with Crippen LogP contribution in [0.2, 0.25) is 0 Å². The molecular weight excluding hydrogens is 324 g/mol. The van der Waals surface area contributed by atoms with Gasteiger partial charge in [0.25, 0.3) is 0 Å². The fourth-order valence-electron chi connectivity index (χ4n) is 2.57. The summed E-state index contributed by atoms with van der Waals surface area (Å²) in [5.74, 6) is 5.21. The summed E-state index contributed by atoms with van der Waals surface area (Å²) in [4.78, 5) is 2.32. The minimum Gasteiger partial charge on any atom is -0.378 e. The van der Waals surface area contributed by atoms with Gasteiger partial charge < -0.3 is 4.90 Å². The molecule has 0 aliphatic carbocycles. The average Bonchev–Trinajstić information content (AvgIpc) is 2.56. The lowest BCUT2D eigenvalue weighted by Gasteiger charge is -2.14. The Balaban J connectivity index is 2.15. The standard InChI is InChI=1S/C17H26N4O2S/c1-21(2)15-9-10-16-14(13-15)7-6-8-17(16)24(22,23)20-12-5-3-4-11-19-18/h6-10,13,19-20H,3-5,11-12,18H2,1-2H3. The molecular formula is C17H26N4O2S. The second-order valence-electron chi connectivity index (χ2n) is 5.97. The van der Waals surface area contributed by atoms with E-state index < -0.39 is 10.0 Å². The Kier molecular flexibility index (Phi) is 6.56. The Morgan fingerprint density at radius 3 is 2.50 bits per heavy atom. The highest BCUT2D eigenvalue weighted by Crippen LogP contribution is 2.26. The number of nitrogens with one attached hydrogen (secondary N) is 2. The highest BCUT2D eigenvalue weighted by atomic mass is 32.2. The molecule has 0 aliphatic heterocycles. The molecule has 24 heavy (non-hydrogen) atoms. The molecule has 2 rings (SSSR count). The lowest BCUT2D eigenvalue weighted by Crippen LogP contribution is -2.26. The molecule has 0 heterocycles. The number of sulfonamides is 1. The van der Waals surface area contributed by atoms with E-state index in [1.807, 2.05) is 43.3 Å². The second kappa shape index (κ2) is 8.43. The van der Waals surface area contributed by atoms with E-state index in [1.54, 1.807) is 12.1 Å². The zero-order valence-electron chi connectivity index (χ0n) is 14.2. The number of hydrogen-bond donors (Lipinski definition) is 3. The number of rotatable bonds is 9. The second-order valence-corrected chi connectivity index (χ2v) is 7.70. The third-order valence-electron chi connectivity index (χ3n) is 3.92. The molecule has 4 N–H and O–H groups in total. The largest absolute Gasteiger partial charge is 0.378 e. The van der Waals surface area contributed by atoms with Gasteiger partial charge in [0.15, 0.2) is 0 Å². The number of hydrazine groups is 1. The number of unbranched alkanes of at least 4 members (excludes halogenated alkanes) is 2. The van der Waals surface area contributed by atoms with Gasteiger partial charge in [0.1, 0.15) is 0 Å². The molecule has 0 atom stereocenters. The third kappa shape index (κ3) is 4.67. The van der Waals surface area contributed by atoms with Crippen LogP contribution in [0.5, 0.6) is 0 Å². The van der Waals surface area contributed by atoms with Crippen molar-refractivity contribution in [1.29, 1.82) is 0 Å². The van der Waals surface area contributed by atoms with Crippen LogP contribution in [-0.2, 0) is 10.0 Å². The first kappa shape index (κ1) is 18.7. The zero-order valence-corrected chi connectivity index (χ0v) is 15.1. The number of hydrogen-bond acceptors (Lipinski definition) is 5. The van der Waals surface area contributed by atoms with E-state index in [0.29, 0.717) is 11.4 Å². The first-order valence-corrected chi connectivity index (χ1v) is 9.57. The summed E-state index contributed by atoms with van der Waals surface area (Å²) in [6.07, 6.45) is 2.64. The van der Waals surface area contributed by atoms with Crippen molar-refractivity contribution in [1.82, 2.24) is 10.1 Å². The Morgan fingerprint density at radius 2 is 1.79 bits per heavy atom. The molecule has 7 heteroatoms. The summed E-state index contributed by atoms with van der Waals surface area (Å²) in [6, 6.07) is 11.2. The van der Waals surface area contributed by atoms with Gasteiger partial charge in [-0.25, -0.2) is 13.1 Å². The Labute approximate surface area is 144 Å². The number of anilines is 1. The molecule has 0 fully saturated rings. The van der Waals surface area contributed by atoms with Crippen molar-refractivity contribution in [3.63, 3.8) is 0 Å².